The summed E-state index contributed by atoms with van der Waals surface area (Å²) in [6.45, 7) is 9.74. The van der Waals surface area contributed by atoms with Gasteiger partial charge in [-0.05, 0) is 11.0 Å². The molecule has 0 aliphatic carbocycles. The Morgan fingerprint density at radius 2 is 1.76 bits per heavy atom. The Balaban J connectivity index is 1.49. The fraction of sp³-hybridized carbons (Fsp3) is 0.476. The van der Waals surface area contributed by atoms with Crippen LogP contribution in [0, 0.1) is 5.41 Å². The van der Waals surface area contributed by atoms with Gasteiger partial charge in [0.1, 0.15) is 6.33 Å². The Hall–Kier alpha value is -3.03. The number of piperazine rings is 1. The second-order valence-corrected chi connectivity index (χ2v) is 8.71. The predicted molar refractivity (Wildman–Crippen MR) is 112 cm³/mol. The van der Waals surface area contributed by atoms with Crippen molar-refractivity contribution >= 4 is 22.9 Å². The van der Waals surface area contributed by atoms with Crippen LogP contribution < -0.4 is 4.90 Å². The molecule has 0 radical (unpaired) electrons. The van der Waals surface area contributed by atoms with Crippen LogP contribution in [-0.2, 0) is 11.3 Å². The lowest BCUT2D eigenvalue weighted by Gasteiger charge is -2.36. The van der Waals surface area contributed by atoms with Gasteiger partial charge in [-0.3, -0.25) is 4.79 Å². The van der Waals surface area contributed by atoms with E-state index < -0.39 is 0 Å². The fourth-order valence-electron chi connectivity index (χ4n) is 3.61. The van der Waals surface area contributed by atoms with E-state index in [0.29, 0.717) is 31.6 Å². The first-order valence-corrected chi connectivity index (χ1v) is 10.0. The molecule has 152 valence electrons. The highest BCUT2D eigenvalue weighted by molar-refractivity contribution is 5.83. The molecule has 3 aromatic rings. The van der Waals surface area contributed by atoms with Gasteiger partial charge >= 0.3 is 0 Å². The molecule has 1 aromatic carbocycles. The van der Waals surface area contributed by atoms with Crippen LogP contribution in [0.15, 0.2) is 36.7 Å². The first-order chi connectivity index (χ1) is 13.9. The number of hydrogen-bond acceptors (Lipinski definition) is 6. The highest BCUT2D eigenvalue weighted by atomic mass is 16.2. The van der Waals surface area contributed by atoms with Gasteiger partial charge in [0.25, 0.3) is 0 Å². The fourth-order valence-corrected chi connectivity index (χ4v) is 3.61. The summed E-state index contributed by atoms with van der Waals surface area (Å²) in [5, 5.41) is 8.66. The number of rotatable bonds is 4. The first kappa shape index (κ1) is 19.3. The maximum atomic E-state index is 12.5. The van der Waals surface area contributed by atoms with Crippen LogP contribution >= 0.6 is 0 Å². The van der Waals surface area contributed by atoms with Crippen molar-refractivity contribution in [1.29, 1.82) is 0 Å². The molecular formula is C21H27N7O. The molecule has 8 nitrogen and oxygen atoms in total. The van der Waals surface area contributed by atoms with E-state index in [-0.39, 0.29) is 11.3 Å². The number of benzene rings is 1. The molecule has 29 heavy (non-hydrogen) atoms. The molecular weight excluding hydrogens is 366 g/mol. The van der Waals surface area contributed by atoms with Crippen molar-refractivity contribution in [2.45, 2.75) is 33.7 Å². The monoisotopic (exact) mass is 393 g/mol. The third kappa shape index (κ3) is 4.36. The molecule has 0 atom stereocenters. The minimum atomic E-state index is 0.00426. The van der Waals surface area contributed by atoms with E-state index in [2.05, 4.69) is 58.1 Å². The molecule has 0 unspecified atom stereocenters. The summed E-state index contributed by atoms with van der Waals surface area (Å²) < 4.78 is 1.80. The summed E-state index contributed by atoms with van der Waals surface area (Å²) in [5.74, 6) is 1.01. The molecule has 1 fully saturated rings. The standard InChI is InChI=1S/C21H27N7O/c1-21(2,3)13-17(29)26-9-11-27(12-10-26)19-18-20(23-15-22-19)28(25-24-18)14-16-7-5-4-6-8-16/h4-8,15H,9-14H2,1-3H3. The molecule has 4 rings (SSSR count). The van der Waals surface area contributed by atoms with Crippen LogP contribution in [0.4, 0.5) is 5.82 Å². The second-order valence-electron chi connectivity index (χ2n) is 8.71. The zero-order chi connectivity index (χ0) is 20.4. The van der Waals surface area contributed by atoms with Crippen LogP contribution in [0.25, 0.3) is 11.2 Å². The van der Waals surface area contributed by atoms with Gasteiger partial charge in [-0.25, -0.2) is 14.6 Å². The number of aromatic nitrogens is 5. The van der Waals surface area contributed by atoms with Crippen LogP contribution in [0.2, 0.25) is 0 Å². The second kappa shape index (κ2) is 7.77. The normalized spacial score (nSPS) is 15.1. The largest absolute Gasteiger partial charge is 0.351 e. The summed E-state index contributed by atoms with van der Waals surface area (Å²) in [7, 11) is 0. The van der Waals surface area contributed by atoms with Gasteiger partial charge in [0.05, 0.1) is 6.54 Å². The molecule has 0 N–H and O–H groups in total. The molecule has 0 saturated carbocycles. The van der Waals surface area contributed by atoms with Crippen molar-refractivity contribution < 1.29 is 4.79 Å². The van der Waals surface area contributed by atoms with Crippen molar-refractivity contribution in [2.24, 2.45) is 5.41 Å². The van der Waals surface area contributed by atoms with Gasteiger partial charge in [-0.1, -0.05) is 56.3 Å². The highest BCUT2D eigenvalue weighted by Gasteiger charge is 2.27. The van der Waals surface area contributed by atoms with E-state index in [9.17, 15) is 4.79 Å². The van der Waals surface area contributed by atoms with Crippen LogP contribution in [-0.4, -0.2) is 61.9 Å². The molecule has 1 saturated heterocycles. The van der Waals surface area contributed by atoms with Crippen molar-refractivity contribution in [3.8, 4) is 0 Å². The zero-order valence-electron chi connectivity index (χ0n) is 17.2. The van der Waals surface area contributed by atoms with Gasteiger partial charge in [-0.15, -0.1) is 5.10 Å². The maximum Gasteiger partial charge on any atom is 0.223 e. The number of amides is 1. The number of carbonyl (C=O) groups excluding carboxylic acids is 1. The van der Waals surface area contributed by atoms with Crippen LogP contribution in [0.1, 0.15) is 32.8 Å². The lowest BCUT2D eigenvalue weighted by molar-refractivity contribution is -0.133. The molecule has 3 heterocycles. The van der Waals surface area contributed by atoms with E-state index in [1.807, 2.05) is 23.1 Å². The van der Waals surface area contributed by atoms with Gasteiger partial charge in [0.2, 0.25) is 5.91 Å². The number of carbonyl (C=O) groups is 1. The van der Waals surface area contributed by atoms with Crippen LogP contribution in [0.3, 0.4) is 0 Å². The minimum Gasteiger partial charge on any atom is -0.351 e. The number of nitrogens with zero attached hydrogens (tertiary/aromatic N) is 7. The number of fused-ring (bicyclic) bond motifs is 1. The van der Waals surface area contributed by atoms with Crippen molar-refractivity contribution in [3.63, 3.8) is 0 Å². The molecule has 1 aliphatic heterocycles. The Bertz CT molecular complexity index is 985. The topological polar surface area (TPSA) is 80.0 Å². The molecule has 1 amide bonds. The Morgan fingerprint density at radius 3 is 2.45 bits per heavy atom. The maximum absolute atomic E-state index is 12.5. The Labute approximate surface area is 170 Å². The Morgan fingerprint density at radius 1 is 1.03 bits per heavy atom. The average Bonchev–Trinajstić information content (AvgIpc) is 3.11. The third-order valence-electron chi connectivity index (χ3n) is 5.07. The van der Waals surface area contributed by atoms with Crippen molar-refractivity contribution in [1.82, 2.24) is 29.9 Å². The SMILES string of the molecule is CC(C)(C)CC(=O)N1CCN(c2ncnc3c2nnn3Cc2ccccc2)CC1. The third-order valence-corrected chi connectivity index (χ3v) is 5.07. The predicted octanol–water partition coefficient (Wildman–Crippen LogP) is 2.35. The van der Waals surface area contributed by atoms with Gasteiger partial charge in [0.15, 0.2) is 17.0 Å². The molecule has 2 aromatic heterocycles. The summed E-state index contributed by atoms with van der Waals surface area (Å²) in [4.78, 5) is 25.5. The average molecular weight is 393 g/mol. The van der Waals surface area contributed by atoms with E-state index in [4.69, 9.17) is 0 Å². The molecule has 8 heteroatoms. The van der Waals surface area contributed by atoms with Crippen LogP contribution in [0.5, 0.6) is 0 Å². The minimum absolute atomic E-state index is 0.00426. The molecule has 1 aliphatic rings. The van der Waals surface area contributed by atoms with E-state index >= 15 is 0 Å². The summed E-state index contributed by atoms with van der Waals surface area (Å²) in [6.07, 6.45) is 2.14. The van der Waals surface area contributed by atoms with E-state index in [1.54, 1.807) is 11.0 Å². The van der Waals surface area contributed by atoms with Crippen molar-refractivity contribution in [2.75, 3.05) is 31.1 Å². The van der Waals surface area contributed by atoms with Gasteiger partial charge in [-0.2, -0.15) is 0 Å². The Kier molecular flexibility index (Phi) is 5.17. The molecule has 0 bridgehead atoms. The first-order valence-electron chi connectivity index (χ1n) is 10.0. The molecule has 0 spiro atoms. The summed E-state index contributed by atoms with van der Waals surface area (Å²) in [6, 6.07) is 10.1. The van der Waals surface area contributed by atoms with E-state index in [0.717, 1.165) is 30.1 Å². The quantitative estimate of drug-likeness (QED) is 0.677. The highest BCUT2D eigenvalue weighted by Crippen LogP contribution is 2.24. The van der Waals surface area contributed by atoms with Gasteiger partial charge < -0.3 is 9.80 Å². The number of anilines is 1. The van der Waals surface area contributed by atoms with Crippen molar-refractivity contribution in [3.05, 3.63) is 42.2 Å². The summed E-state index contributed by atoms with van der Waals surface area (Å²) >= 11 is 0. The van der Waals surface area contributed by atoms with E-state index in [1.165, 1.54) is 0 Å². The lowest BCUT2D eigenvalue weighted by Crippen LogP contribution is -2.49. The zero-order valence-corrected chi connectivity index (χ0v) is 17.2. The lowest BCUT2D eigenvalue weighted by atomic mass is 9.91. The van der Waals surface area contributed by atoms with Gasteiger partial charge in [0, 0.05) is 32.6 Å². The smallest absolute Gasteiger partial charge is 0.223 e. The summed E-state index contributed by atoms with van der Waals surface area (Å²) in [5.41, 5.74) is 2.58. The number of hydrogen-bond donors (Lipinski definition) is 0.